The lowest BCUT2D eigenvalue weighted by atomic mass is 9.89. The number of nitrogens with zero attached hydrogens (tertiary/aromatic N) is 2. The topological polar surface area (TPSA) is 43.8 Å². The van der Waals surface area contributed by atoms with E-state index in [4.69, 9.17) is 17.3 Å². The van der Waals surface area contributed by atoms with E-state index in [0.29, 0.717) is 0 Å². The Labute approximate surface area is 96.6 Å². The van der Waals surface area contributed by atoms with Crippen LogP contribution in [0.2, 0.25) is 5.02 Å². The van der Waals surface area contributed by atoms with E-state index in [0.717, 1.165) is 35.7 Å². The molecule has 0 aliphatic carbocycles. The first-order valence-electron chi connectivity index (χ1n) is 5.40. The Bertz CT molecular complexity index is 340. The number of aryl methyl sites for hydroxylation is 2. The second kappa shape index (κ2) is 4.54. The molecule has 1 aromatic heterocycles. The summed E-state index contributed by atoms with van der Waals surface area (Å²) in [5, 5.41) is 5.05. The Morgan fingerprint density at radius 2 is 1.93 bits per heavy atom. The third-order valence-electron chi connectivity index (χ3n) is 3.19. The highest BCUT2D eigenvalue weighted by Crippen LogP contribution is 2.25. The van der Waals surface area contributed by atoms with Gasteiger partial charge in [0.1, 0.15) is 0 Å². The molecule has 0 spiro atoms. The van der Waals surface area contributed by atoms with Crippen LogP contribution in [-0.2, 0) is 13.5 Å². The number of hydrogen-bond donors (Lipinski definition) is 1. The number of nitrogens with two attached hydrogens (primary N) is 1. The van der Waals surface area contributed by atoms with Crippen LogP contribution in [-0.4, -0.2) is 15.3 Å². The zero-order valence-corrected chi connectivity index (χ0v) is 10.7. The molecular weight excluding hydrogens is 210 g/mol. The van der Waals surface area contributed by atoms with E-state index < -0.39 is 0 Å². The minimum atomic E-state index is -0.163. The largest absolute Gasteiger partial charge is 0.325 e. The smallest absolute Gasteiger partial charge is 0.0847 e. The van der Waals surface area contributed by atoms with E-state index in [1.54, 1.807) is 0 Å². The summed E-state index contributed by atoms with van der Waals surface area (Å²) in [5.74, 6) is 0. The maximum atomic E-state index is 6.28. The van der Waals surface area contributed by atoms with Crippen LogP contribution in [0.15, 0.2) is 0 Å². The first-order chi connectivity index (χ1) is 6.93. The average molecular weight is 230 g/mol. The Morgan fingerprint density at radius 3 is 2.27 bits per heavy atom. The second-order valence-corrected chi connectivity index (χ2v) is 4.59. The minimum Gasteiger partial charge on any atom is -0.325 e. The van der Waals surface area contributed by atoms with Gasteiger partial charge in [0, 0.05) is 19.0 Å². The quantitative estimate of drug-likeness (QED) is 0.862. The highest BCUT2D eigenvalue weighted by atomic mass is 35.5. The Kier molecular flexibility index (Phi) is 3.79. The molecule has 1 heterocycles. The lowest BCUT2D eigenvalue weighted by Gasteiger charge is -2.26. The van der Waals surface area contributed by atoms with Gasteiger partial charge in [-0.15, -0.1) is 0 Å². The molecular formula is C11H20ClN3. The molecule has 86 valence electrons. The summed E-state index contributed by atoms with van der Waals surface area (Å²) in [4.78, 5) is 0. The minimum absolute atomic E-state index is 0.163. The van der Waals surface area contributed by atoms with Crippen molar-refractivity contribution in [2.45, 2.75) is 45.6 Å². The molecule has 0 aromatic carbocycles. The van der Waals surface area contributed by atoms with Crippen LogP contribution in [0.25, 0.3) is 0 Å². The summed E-state index contributed by atoms with van der Waals surface area (Å²) in [5.41, 5.74) is 8.03. The monoisotopic (exact) mass is 229 g/mol. The van der Waals surface area contributed by atoms with Crippen molar-refractivity contribution in [2.75, 3.05) is 0 Å². The van der Waals surface area contributed by atoms with Crippen LogP contribution in [0.5, 0.6) is 0 Å². The van der Waals surface area contributed by atoms with Crippen molar-refractivity contribution in [3.63, 3.8) is 0 Å². The van der Waals surface area contributed by atoms with Gasteiger partial charge in [-0.25, -0.2) is 0 Å². The van der Waals surface area contributed by atoms with Crippen LogP contribution in [0, 0.1) is 6.92 Å². The third-order valence-corrected chi connectivity index (χ3v) is 3.68. The van der Waals surface area contributed by atoms with Gasteiger partial charge in [-0.05, 0) is 19.8 Å². The Morgan fingerprint density at radius 1 is 1.40 bits per heavy atom. The Hall–Kier alpha value is -0.540. The molecule has 0 unspecified atom stereocenters. The summed E-state index contributed by atoms with van der Waals surface area (Å²) in [6, 6.07) is 0. The number of halogens is 1. The normalized spacial score (nSPS) is 12.1. The maximum Gasteiger partial charge on any atom is 0.0847 e. The van der Waals surface area contributed by atoms with Gasteiger partial charge in [0.05, 0.1) is 16.4 Å². The second-order valence-electron chi connectivity index (χ2n) is 4.22. The summed E-state index contributed by atoms with van der Waals surface area (Å²) in [7, 11) is 1.92. The first kappa shape index (κ1) is 12.5. The van der Waals surface area contributed by atoms with Crippen molar-refractivity contribution in [1.29, 1.82) is 0 Å². The molecule has 1 aromatic rings. The van der Waals surface area contributed by atoms with E-state index in [1.807, 2.05) is 18.7 Å². The van der Waals surface area contributed by atoms with Gasteiger partial charge >= 0.3 is 0 Å². The summed E-state index contributed by atoms with van der Waals surface area (Å²) in [6.07, 6.45) is 2.68. The summed E-state index contributed by atoms with van der Waals surface area (Å²) < 4.78 is 1.84. The van der Waals surface area contributed by atoms with Gasteiger partial charge in [-0.2, -0.15) is 5.10 Å². The zero-order valence-electron chi connectivity index (χ0n) is 9.97. The van der Waals surface area contributed by atoms with E-state index in [-0.39, 0.29) is 5.54 Å². The summed E-state index contributed by atoms with van der Waals surface area (Å²) >= 11 is 6.20. The van der Waals surface area contributed by atoms with E-state index in [2.05, 4.69) is 18.9 Å². The molecule has 0 saturated carbocycles. The van der Waals surface area contributed by atoms with Crippen LogP contribution >= 0.6 is 11.6 Å². The van der Waals surface area contributed by atoms with Crippen LogP contribution in [0.1, 0.15) is 38.1 Å². The molecule has 1 rings (SSSR count). The highest BCUT2D eigenvalue weighted by Gasteiger charge is 2.24. The number of hydrogen-bond acceptors (Lipinski definition) is 2. The van der Waals surface area contributed by atoms with Gasteiger partial charge in [-0.3, -0.25) is 4.68 Å². The van der Waals surface area contributed by atoms with Crippen molar-refractivity contribution in [3.8, 4) is 0 Å². The fourth-order valence-electron chi connectivity index (χ4n) is 1.71. The number of rotatable bonds is 4. The lowest BCUT2D eigenvalue weighted by molar-refractivity contribution is 0.383. The van der Waals surface area contributed by atoms with Gasteiger partial charge in [0.2, 0.25) is 0 Å². The van der Waals surface area contributed by atoms with E-state index in [9.17, 15) is 0 Å². The van der Waals surface area contributed by atoms with Crippen molar-refractivity contribution >= 4 is 11.6 Å². The molecule has 4 heteroatoms. The molecule has 0 aliphatic rings. The first-order valence-corrected chi connectivity index (χ1v) is 5.78. The number of aromatic nitrogens is 2. The Balaban J connectivity index is 2.98. The molecule has 0 fully saturated rings. The average Bonchev–Trinajstić information content (AvgIpc) is 2.45. The van der Waals surface area contributed by atoms with Gasteiger partial charge in [0.15, 0.2) is 0 Å². The third kappa shape index (κ3) is 2.52. The van der Waals surface area contributed by atoms with Crippen molar-refractivity contribution in [3.05, 3.63) is 16.4 Å². The molecule has 0 bridgehead atoms. The van der Waals surface area contributed by atoms with E-state index in [1.165, 1.54) is 0 Å². The van der Waals surface area contributed by atoms with Crippen LogP contribution < -0.4 is 5.73 Å². The maximum absolute atomic E-state index is 6.28. The molecule has 2 N–H and O–H groups in total. The van der Waals surface area contributed by atoms with Gasteiger partial charge in [0.25, 0.3) is 0 Å². The zero-order chi connectivity index (χ0) is 11.6. The lowest BCUT2D eigenvalue weighted by Crippen LogP contribution is -2.41. The van der Waals surface area contributed by atoms with Crippen LogP contribution in [0.3, 0.4) is 0 Å². The SMILES string of the molecule is CCC(N)(CC)Cc1c(Cl)c(C)nn1C. The molecule has 0 amide bonds. The van der Waals surface area contributed by atoms with Crippen LogP contribution in [0.4, 0.5) is 0 Å². The molecule has 0 radical (unpaired) electrons. The van der Waals surface area contributed by atoms with Crippen molar-refractivity contribution < 1.29 is 0 Å². The van der Waals surface area contributed by atoms with Crippen molar-refractivity contribution in [1.82, 2.24) is 9.78 Å². The summed E-state index contributed by atoms with van der Waals surface area (Å²) in [6.45, 7) is 6.14. The molecule has 0 saturated heterocycles. The predicted molar refractivity (Wildman–Crippen MR) is 64.2 cm³/mol. The predicted octanol–water partition coefficient (Wildman–Crippen LogP) is 2.44. The standard InChI is InChI=1S/C11H20ClN3/c1-5-11(13,6-2)7-9-10(12)8(3)14-15(9)4/h5-7,13H2,1-4H3. The molecule has 15 heavy (non-hydrogen) atoms. The molecule has 3 nitrogen and oxygen atoms in total. The fraction of sp³-hybridized carbons (Fsp3) is 0.727. The van der Waals surface area contributed by atoms with E-state index >= 15 is 0 Å². The molecule has 0 aliphatic heterocycles. The van der Waals surface area contributed by atoms with Gasteiger partial charge in [-0.1, -0.05) is 25.4 Å². The van der Waals surface area contributed by atoms with Crippen molar-refractivity contribution in [2.24, 2.45) is 12.8 Å². The van der Waals surface area contributed by atoms with Gasteiger partial charge < -0.3 is 5.73 Å². The highest BCUT2D eigenvalue weighted by molar-refractivity contribution is 6.31. The molecule has 0 atom stereocenters. The fourth-order valence-corrected chi connectivity index (χ4v) is 1.93.